The van der Waals surface area contributed by atoms with Gasteiger partial charge in [-0.05, 0) is 33.1 Å². The number of hydrogen-bond donors (Lipinski definition) is 0. The lowest BCUT2D eigenvalue weighted by atomic mass is 9.98. The predicted octanol–water partition coefficient (Wildman–Crippen LogP) is 3.45. The van der Waals surface area contributed by atoms with Gasteiger partial charge in [-0.2, -0.15) is 0 Å². The lowest BCUT2D eigenvalue weighted by molar-refractivity contribution is 0.0703. The van der Waals surface area contributed by atoms with Crippen molar-refractivity contribution in [2.75, 3.05) is 13.1 Å². The molecule has 1 aliphatic heterocycles. The fourth-order valence-corrected chi connectivity index (χ4v) is 3.09. The Labute approximate surface area is 117 Å². The van der Waals surface area contributed by atoms with Crippen molar-refractivity contribution in [2.24, 2.45) is 5.92 Å². The molecule has 0 saturated carbocycles. The maximum Gasteiger partial charge on any atom is 0.257 e. The monoisotopic (exact) mass is 313 g/mol. The van der Waals surface area contributed by atoms with Crippen LogP contribution in [0.2, 0.25) is 0 Å². The number of nitrogens with zero attached hydrogens (tertiary/aromatic N) is 1. The smallest absolute Gasteiger partial charge is 0.257 e. The van der Waals surface area contributed by atoms with Gasteiger partial charge in [-0.3, -0.25) is 4.79 Å². The maximum absolute atomic E-state index is 12.6. The third kappa shape index (κ3) is 2.35. The van der Waals surface area contributed by atoms with Gasteiger partial charge in [0.2, 0.25) is 0 Å². The van der Waals surface area contributed by atoms with Crippen LogP contribution >= 0.6 is 15.9 Å². The van der Waals surface area contributed by atoms with E-state index < -0.39 is 0 Å². The summed E-state index contributed by atoms with van der Waals surface area (Å²) in [7, 11) is 0. The molecule has 4 heteroatoms. The number of carbonyl (C=O) groups is 1. The molecule has 2 heterocycles. The molecule has 1 aliphatic rings. The minimum absolute atomic E-state index is 0.109. The van der Waals surface area contributed by atoms with E-state index in [0.717, 1.165) is 42.2 Å². The van der Waals surface area contributed by atoms with Crippen LogP contribution < -0.4 is 0 Å². The highest BCUT2D eigenvalue weighted by molar-refractivity contribution is 9.09. The van der Waals surface area contributed by atoms with E-state index in [9.17, 15) is 4.79 Å². The molecule has 0 radical (unpaired) electrons. The van der Waals surface area contributed by atoms with Crippen LogP contribution in [0.4, 0.5) is 0 Å². The largest absolute Gasteiger partial charge is 0.466 e. The summed E-state index contributed by atoms with van der Waals surface area (Å²) in [6.45, 7) is 9.57. The Morgan fingerprint density at radius 1 is 1.33 bits per heavy atom. The van der Waals surface area contributed by atoms with Gasteiger partial charge in [-0.25, -0.2) is 0 Å². The Morgan fingerprint density at radius 2 is 2.00 bits per heavy atom. The SMILES string of the molecule is Cc1oc(C)c(C(=O)N2CCC(C)C(Br)C2)c1C. The van der Waals surface area contributed by atoms with Crippen LogP contribution in [0.15, 0.2) is 4.42 Å². The lowest BCUT2D eigenvalue weighted by Crippen LogP contribution is -2.43. The number of amides is 1. The van der Waals surface area contributed by atoms with Gasteiger partial charge in [0, 0.05) is 23.5 Å². The van der Waals surface area contributed by atoms with Crippen molar-refractivity contribution in [2.45, 2.75) is 38.9 Å². The van der Waals surface area contributed by atoms with E-state index in [1.54, 1.807) is 0 Å². The van der Waals surface area contributed by atoms with Crippen LogP contribution in [0.1, 0.15) is 40.8 Å². The van der Waals surface area contributed by atoms with Crippen LogP contribution in [0.5, 0.6) is 0 Å². The van der Waals surface area contributed by atoms with Crippen molar-refractivity contribution in [3.8, 4) is 0 Å². The minimum Gasteiger partial charge on any atom is -0.466 e. The van der Waals surface area contributed by atoms with Gasteiger partial charge in [-0.1, -0.05) is 22.9 Å². The van der Waals surface area contributed by atoms with Crippen LogP contribution in [-0.2, 0) is 0 Å². The highest BCUT2D eigenvalue weighted by Gasteiger charge is 2.30. The molecule has 18 heavy (non-hydrogen) atoms. The van der Waals surface area contributed by atoms with E-state index in [-0.39, 0.29) is 5.91 Å². The molecule has 0 N–H and O–H groups in total. The molecule has 0 aliphatic carbocycles. The first-order valence-corrected chi connectivity index (χ1v) is 7.33. The fourth-order valence-electron chi connectivity index (χ4n) is 2.47. The number of rotatable bonds is 1. The summed E-state index contributed by atoms with van der Waals surface area (Å²) < 4.78 is 5.55. The number of hydrogen-bond acceptors (Lipinski definition) is 2. The van der Waals surface area contributed by atoms with Crippen molar-refractivity contribution < 1.29 is 9.21 Å². The van der Waals surface area contributed by atoms with Gasteiger partial charge >= 0.3 is 0 Å². The summed E-state index contributed by atoms with van der Waals surface area (Å²) in [5.74, 6) is 2.32. The summed E-state index contributed by atoms with van der Waals surface area (Å²) in [5, 5.41) is 0. The molecule has 2 unspecified atom stereocenters. The number of piperidine rings is 1. The molecule has 0 spiro atoms. The van der Waals surface area contributed by atoms with Crippen molar-refractivity contribution >= 4 is 21.8 Å². The number of aryl methyl sites for hydroxylation is 2. The Morgan fingerprint density at radius 3 is 2.50 bits per heavy atom. The zero-order valence-electron chi connectivity index (χ0n) is 11.4. The molecule has 2 atom stereocenters. The van der Waals surface area contributed by atoms with Gasteiger partial charge in [0.25, 0.3) is 5.91 Å². The summed E-state index contributed by atoms with van der Waals surface area (Å²) >= 11 is 3.66. The Balaban J connectivity index is 2.21. The van der Waals surface area contributed by atoms with E-state index in [1.807, 2.05) is 25.7 Å². The average Bonchev–Trinajstić information content (AvgIpc) is 2.56. The molecule has 3 nitrogen and oxygen atoms in total. The first-order valence-electron chi connectivity index (χ1n) is 6.41. The number of alkyl halides is 1. The van der Waals surface area contributed by atoms with Crippen LogP contribution in [0, 0.1) is 26.7 Å². The molecule has 1 saturated heterocycles. The Kier molecular flexibility index (Phi) is 3.85. The van der Waals surface area contributed by atoms with Gasteiger partial charge in [0.15, 0.2) is 0 Å². The fraction of sp³-hybridized carbons (Fsp3) is 0.643. The molecule has 0 bridgehead atoms. The molecule has 1 aromatic rings. The van der Waals surface area contributed by atoms with Crippen molar-refractivity contribution in [3.05, 3.63) is 22.6 Å². The molecular formula is C14H20BrNO2. The van der Waals surface area contributed by atoms with Crippen LogP contribution in [-0.4, -0.2) is 28.7 Å². The average molecular weight is 314 g/mol. The standard InChI is InChI=1S/C14H20BrNO2/c1-8-5-6-16(7-12(8)15)14(17)13-9(2)10(3)18-11(13)4/h8,12H,5-7H2,1-4H3. The normalized spacial score (nSPS) is 24.4. The summed E-state index contributed by atoms with van der Waals surface area (Å²) in [4.78, 5) is 14.9. The first-order chi connectivity index (χ1) is 8.41. The van der Waals surface area contributed by atoms with E-state index in [2.05, 4.69) is 22.9 Å². The quantitative estimate of drug-likeness (QED) is 0.744. The zero-order chi connectivity index (χ0) is 13.4. The van der Waals surface area contributed by atoms with Crippen molar-refractivity contribution in [3.63, 3.8) is 0 Å². The highest BCUT2D eigenvalue weighted by atomic mass is 79.9. The highest BCUT2D eigenvalue weighted by Crippen LogP contribution is 2.27. The second-order valence-electron chi connectivity index (χ2n) is 5.25. The Bertz CT molecular complexity index is 467. The van der Waals surface area contributed by atoms with E-state index in [4.69, 9.17) is 4.42 Å². The number of furan rings is 1. The second kappa shape index (κ2) is 5.08. The molecule has 2 rings (SSSR count). The van der Waals surface area contributed by atoms with E-state index in [0.29, 0.717) is 10.7 Å². The van der Waals surface area contributed by atoms with Crippen LogP contribution in [0.3, 0.4) is 0 Å². The number of carbonyl (C=O) groups excluding carboxylic acids is 1. The summed E-state index contributed by atoms with van der Waals surface area (Å²) in [5.41, 5.74) is 1.73. The number of likely N-dealkylation sites (tertiary alicyclic amines) is 1. The Hall–Kier alpha value is -0.770. The van der Waals surface area contributed by atoms with Crippen molar-refractivity contribution in [1.29, 1.82) is 0 Å². The molecular weight excluding hydrogens is 294 g/mol. The number of halogens is 1. The predicted molar refractivity (Wildman–Crippen MR) is 75.3 cm³/mol. The van der Waals surface area contributed by atoms with Gasteiger partial charge in [0.05, 0.1) is 5.56 Å². The molecule has 1 amide bonds. The molecule has 0 aromatic carbocycles. The van der Waals surface area contributed by atoms with E-state index in [1.165, 1.54) is 0 Å². The minimum atomic E-state index is 0.109. The summed E-state index contributed by atoms with van der Waals surface area (Å²) in [6, 6.07) is 0. The molecule has 1 aromatic heterocycles. The van der Waals surface area contributed by atoms with Gasteiger partial charge in [-0.15, -0.1) is 0 Å². The third-order valence-corrected chi connectivity index (χ3v) is 5.12. The summed E-state index contributed by atoms with van der Waals surface area (Å²) in [6.07, 6.45) is 1.05. The lowest BCUT2D eigenvalue weighted by Gasteiger charge is -2.34. The van der Waals surface area contributed by atoms with Crippen LogP contribution in [0.25, 0.3) is 0 Å². The topological polar surface area (TPSA) is 33.5 Å². The molecule has 100 valence electrons. The third-order valence-electron chi connectivity index (χ3n) is 3.93. The van der Waals surface area contributed by atoms with Gasteiger partial charge < -0.3 is 9.32 Å². The first kappa shape index (κ1) is 13.7. The zero-order valence-corrected chi connectivity index (χ0v) is 13.0. The van der Waals surface area contributed by atoms with Gasteiger partial charge in [0.1, 0.15) is 11.5 Å². The second-order valence-corrected chi connectivity index (χ2v) is 6.42. The molecule has 1 fully saturated rings. The van der Waals surface area contributed by atoms with E-state index >= 15 is 0 Å². The van der Waals surface area contributed by atoms with Crippen molar-refractivity contribution in [1.82, 2.24) is 4.90 Å². The maximum atomic E-state index is 12.6.